The summed E-state index contributed by atoms with van der Waals surface area (Å²) in [5, 5.41) is 17.6. The number of carboxylic acids is 2. The van der Waals surface area contributed by atoms with E-state index < -0.39 is 11.9 Å². The SMILES string of the molecule is CCN(CC)CCSCC(Cc1cccc2ccccc12)CC1CCCO1.O=C(O)C(=O)O. The van der Waals surface area contributed by atoms with Gasteiger partial charge in [-0.2, -0.15) is 11.8 Å². The average Bonchev–Trinajstić information content (AvgIpc) is 3.33. The number of carboxylic acid groups (broad SMARTS) is 2. The van der Waals surface area contributed by atoms with Crippen LogP contribution in [0, 0.1) is 5.92 Å². The molecule has 1 aliphatic rings. The fraction of sp³-hybridized carbons (Fsp3) is 0.538. The number of fused-ring (bicyclic) bond motifs is 1. The molecule has 7 heteroatoms. The molecule has 1 saturated heterocycles. The molecule has 2 unspecified atom stereocenters. The topological polar surface area (TPSA) is 87.1 Å². The highest BCUT2D eigenvalue weighted by Gasteiger charge is 2.22. The van der Waals surface area contributed by atoms with Crippen LogP contribution in [-0.4, -0.2) is 70.9 Å². The van der Waals surface area contributed by atoms with Crippen LogP contribution in [-0.2, 0) is 20.7 Å². The van der Waals surface area contributed by atoms with Gasteiger partial charge in [0.2, 0.25) is 0 Å². The molecule has 2 aromatic rings. The van der Waals surface area contributed by atoms with E-state index in [1.165, 1.54) is 60.1 Å². The van der Waals surface area contributed by atoms with Crippen molar-refractivity contribution >= 4 is 34.5 Å². The van der Waals surface area contributed by atoms with Crippen molar-refractivity contribution in [2.45, 2.75) is 45.6 Å². The maximum Gasteiger partial charge on any atom is 0.414 e. The van der Waals surface area contributed by atoms with Crippen LogP contribution in [0.5, 0.6) is 0 Å². The highest BCUT2D eigenvalue weighted by atomic mass is 32.2. The molecule has 0 saturated carbocycles. The fourth-order valence-corrected chi connectivity index (χ4v) is 5.32. The summed E-state index contributed by atoms with van der Waals surface area (Å²) in [5.74, 6) is -0.477. The Morgan fingerprint density at radius 3 is 2.42 bits per heavy atom. The van der Waals surface area contributed by atoms with Crippen LogP contribution in [0.1, 0.15) is 38.7 Å². The minimum Gasteiger partial charge on any atom is -0.473 e. The standard InChI is InChI=1S/C24H35NOS.C2H2O4/c1-3-25(4-2)14-16-27-19-20(18-23-12-8-15-26-23)17-22-11-7-10-21-9-5-6-13-24(21)22;3-1(4)2(5)6/h5-7,9-11,13,20,23H,3-4,8,12,14-19H2,1-2H3;(H,3,4)(H,5,6). The molecule has 3 rings (SSSR count). The lowest BCUT2D eigenvalue weighted by Gasteiger charge is -2.22. The monoisotopic (exact) mass is 475 g/mol. The molecule has 2 atom stereocenters. The number of aliphatic carboxylic acids is 2. The molecule has 0 spiro atoms. The van der Waals surface area contributed by atoms with Gasteiger partial charge in [0.25, 0.3) is 0 Å². The number of rotatable bonds is 11. The van der Waals surface area contributed by atoms with Crippen molar-refractivity contribution in [1.82, 2.24) is 4.90 Å². The van der Waals surface area contributed by atoms with Gasteiger partial charge in [0, 0.05) is 18.9 Å². The van der Waals surface area contributed by atoms with Crippen molar-refractivity contribution in [1.29, 1.82) is 0 Å². The molecule has 6 nitrogen and oxygen atoms in total. The molecule has 182 valence electrons. The van der Waals surface area contributed by atoms with Crippen LogP contribution in [0.4, 0.5) is 0 Å². The van der Waals surface area contributed by atoms with Gasteiger partial charge in [0.1, 0.15) is 0 Å². The maximum absolute atomic E-state index is 9.10. The number of carbonyl (C=O) groups is 2. The second-order valence-corrected chi connectivity index (χ2v) is 9.44. The van der Waals surface area contributed by atoms with Crippen LogP contribution in [0.3, 0.4) is 0 Å². The molecule has 0 amide bonds. The van der Waals surface area contributed by atoms with E-state index in [1.807, 2.05) is 0 Å². The van der Waals surface area contributed by atoms with E-state index in [-0.39, 0.29) is 0 Å². The van der Waals surface area contributed by atoms with Crippen molar-refractivity contribution in [3.63, 3.8) is 0 Å². The first kappa shape index (κ1) is 27.2. The third kappa shape index (κ3) is 9.74. The summed E-state index contributed by atoms with van der Waals surface area (Å²) in [6, 6.07) is 15.6. The van der Waals surface area contributed by atoms with E-state index in [0.717, 1.165) is 19.7 Å². The van der Waals surface area contributed by atoms with Gasteiger partial charge in [-0.1, -0.05) is 56.3 Å². The molecule has 0 bridgehead atoms. The van der Waals surface area contributed by atoms with E-state index in [4.69, 9.17) is 24.5 Å². The minimum absolute atomic E-state index is 0.480. The molecule has 0 aromatic heterocycles. The third-order valence-electron chi connectivity index (χ3n) is 5.99. The molecule has 2 N–H and O–H groups in total. The van der Waals surface area contributed by atoms with Crippen LogP contribution >= 0.6 is 11.8 Å². The van der Waals surface area contributed by atoms with Gasteiger partial charge in [0.05, 0.1) is 6.10 Å². The quantitative estimate of drug-likeness (QED) is 0.357. The van der Waals surface area contributed by atoms with Crippen molar-refractivity contribution in [3.05, 3.63) is 48.0 Å². The first-order chi connectivity index (χ1) is 15.9. The molecule has 2 aromatic carbocycles. The number of thioether (sulfide) groups is 1. The normalized spacial score (nSPS) is 16.4. The zero-order valence-corrected chi connectivity index (χ0v) is 20.6. The van der Waals surface area contributed by atoms with Gasteiger partial charge in [-0.05, 0) is 66.8 Å². The number of ether oxygens (including phenoxy) is 1. The Hall–Kier alpha value is -2.09. The van der Waals surface area contributed by atoms with Crippen molar-refractivity contribution in [2.75, 3.05) is 37.7 Å². The molecule has 1 heterocycles. The summed E-state index contributed by atoms with van der Waals surface area (Å²) in [5.41, 5.74) is 1.50. The first-order valence-corrected chi connectivity index (χ1v) is 12.9. The predicted octanol–water partition coefficient (Wildman–Crippen LogP) is 4.80. The van der Waals surface area contributed by atoms with Crippen molar-refractivity contribution in [2.24, 2.45) is 5.92 Å². The molecule has 33 heavy (non-hydrogen) atoms. The molecule has 0 radical (unpaired) electrons. The van der Waals surface area contributed by atoms with Gasteiger partial charge >= 0.3 is 11.9 Å². The Kier molecular flexibility index (Phi) is 12.3. The Bertz CT molecular complexity index is 847. The lowest BCUT2D eigenvalue weighted by atomic mass is 9.91. The third-order valence-corrected chi connectivity index (χ3v) is 7.17. The van der Waals surface area contributed by atoms with Gasteiger partial charge < -0.3 is 19.8 Å². The second kappa shape index (κ2) is 14.9. The van der Waals surface area contributed by atoms with Crippen LogP contribution in [0.25, 0.3) is 10.8 Å². The van der Waals surface area contributed by atoms with Gasteiger partial charge in [-0.3, -0.25) is 0 Å². The Balaban J connectivity index is 0.000000569. The lowest BCUT2D eigenvalue weighted by molar-refractivity contribution is -0.159. The summed E-state index contributed by atoms with van der Waals surface area (Å²) in [4.78, 5) is 20.7. The van der Waals surface area contributed by atoms with Crippen molar-refractivity contribution in [3.8, 4) is 0 Å². The first-order valence-electron chi connectivity index (χ1n) is 11.8. The summed E-state index contributed by atoms with van der Waals surface area (Å²) in [7, 11) is 0. The summed E-state index contributed by atoms with van der Waals surface area (Å²) >= 11 is 2.13. The average molecular weight is 476 g/mol. The van der Waals surface area contributed by atoms with Crippen LogP contribution in [0.2, 0.25) is 0 Å². The second-order valence-electron chi connectivity index (χ2n) is 8.29. The summed E-state index contributed by atoms with van der Waals surface area (Å²) in [6.45, 7) is 9.00. The molecular formula is C26H37NO5S. The zero-order chi connectivity index (χ0) is 24.1. The van der Waals surface area contributed by atoms with Crippen molar-refractivity contribution < 1.29 is 24.5 Å². The van der Waals surface area contributed by atoms with E-state index in [1.54, 1.807) is 0 Å². The lowest BCUT2D eigenvalue weighted by Crippen LogP contribution is -2.26. The fourth-order valence-electron chi connectivity index (χ4n) is 4.18. The van der Waals surface area contributed by atoms with E-state index in [9.17, 15) is 0 Å². The van der Waals surface area contributed by atoms with Gasteiger partial charge in [0.15, 0.2) is 0 Å². The van der Waals surface area contributed by atoms with Crippen LogP contribution in [0.15, 0.2) is 42.5 Å². The zero-order valence-electron chi connectivity index (χ0n) is 19.7. The Morgan fingerprint density at radius 1 is 1.09 bits per heavy atom. The van der Waals surface area contributed by atoms with Gasteiger partial charge in [-0.15, -0.1) is 0 Å². The maximum atomic E-state index is 9.10. The Morgan fingerprint density at radius 2 is 1.79 bits per heavy atom. The minimum atomic E-state index is -1.82. The van der Waals surface area contributed by atoms with E-state index in [0.29, 0.717) is 12.0 Å². The Labute approximate surface area is 201 Å². The highest BCUT2D eigenvalue weighted by Crippen LogP contribution is 2.28. The predicted molar refractivity (Wildman–Crippen MR) is 135 cm³/mol. The van der Waals surface area contributed by atoms with E-state index >= 15 is 0 Å². The molecular weight excluding hydrogens is 438 g/mol. The largest absolute Gasteiger partial charge is 0.473 e. The molecule has 1 aliphatic heterocycles. The smallest absolute Gasteiger partial charge is 0.414 e. The molecule has 0 aliphatic carbocycles. The summed E-state index contributed by atoms with van der Waals surface area (Å²) < 4.78 is 5.97. The van der Waals surface area contributed by atoms with Gasteiger partial charge in [-0.25, -0.2) is 9.59 Å². The number of hydrogen-bond acceptors (Lipinski definition) is 5. The number of hydrogen-bond donors (Lipinski definition) is 2. The number of nitrogens with zero attached hydrogens (tertiary/aromatic N) is 1. The summed E-state index contributed by atoms with van der Waals surface area (Å²) in [6.07, 6.45) is 5.34. The van der Waals surface area contributed by atoms with Crippen LogP contribution < -0.4 is 0 Å². The number of benzene rings is 2. The molecule has 1 fully saturated rings. The highest BCUT2D eigenvalue weighted by molar-refractivity contribution is 7.99. The van der Waals surface area contributed by atoms with E-state index in [2.05, 4.69) is 73.0 Å².